The van der Waals surface area contributed by atoms with Gasteiger partial charge in [0.25, 0.3) is 0 Å². The van der Waals surface area contributed by atoms with Gasteiger partial charge in [-0.15, -0.1) is 0 Å². The van der Waals surface area contributed by atoms with Gasteiger partial charge in [0, 0.05) is 54.7 Å². The molecule has 5 heterocycles. The van der Waals surface area contributed by atoms with Crippen molar-refractivity contribution in [3.8, 4) is 28.1 Å². The van der Waals surface area contributed by atoms with Gasteiger partial charge in [-0.3, -0.25) is 4.79 Å². The molecule has 1 fully saturated rings. The van der Waals surface area contributed by atoms with Crippen LogP contribution < -0.4 is 9.64 Å². The van der Waals surface area contributed by atoms with E-state index in [1.165, 1.54) is 6.07 Å². The molecule has 2 N–H and O–H groups in total. The van der Waals surface area contributed by atoms with E-state index in [2.05, 4.69) is 11.8 Å². The van der Waals surface area contributed by atoms with Crippen molar-refractivity contribution in [1.82, 2.24) is 14.6 Å². The van der Waals surface area contributed by atoms with Gasteiger partial charge in [-0.2, -0.15) is 9.61 Å². The van der Waals surface area contributed by atoms with Crippen LogP contribution in [0.4, 0.5) is 14.6 Å². The molecule has 0 amide bonds. The van der Waals surface area contributed by atoms with E-state index in [1.54, 1.807) is 43.5 Å². The van der Waals surface area contributed by atoms with Crippen LogP contribution in [0.1, 0.15) is 84.9 Å². The Morgan fingerprint density at radius 1 is 1.00 bits per heavy atom. The molecular weight excluding hydrogens is 630 g/mol. The van der Waals surface area contributed by atoms with Crippen LogP contribution in [-0.2, 0) is 16.0 Å². The lowest BCUT2D eigenvalue weighted by atomic mass is 9.92. The van der Waals surface area contributed by atoms with Crippen LogP contribution in [0.5, 0.6) is 5.75 Å². The van der Waals surface area contributed by atoms with E-state index in [1.807, 2.05) is 32.9 Å². The number of fused-ring (bicyclic) bond motifs is 8. The van der Waals surface area contributed by atoms with Crippen molar-refractivity contribution in [2.45, 2.75) is 98.2 Å². The molecule has 2 aromatic heterocycles. The van der Waals surface area contributed by atoms with Gasteiger partial charge in [-0.25, -0.2) is 13.8 Å². The van der Waals surface area contributed by atoms with Crippen molar-refractivity contribution < 1.29 is 33.3 Å². The number of benzene rings is 2. The number of piperidine rings is 1. The molecule has 7 rings (SSSR count). The van der Waals surface area contributed by atoms with Gasteiger partial charge in [0.15, 0.2) is 5.65 Å². The fourth-order valence-electron chi connectivity index (χ4n) is 5.96. The lowest BCUT2D eigenvalue weighted by molar-refractivity contribution is -0.136. The number of carboxylic acids is 1. The number of aryl methyl sites for hydroxylation is 1. The van der Waals surface area contributed by atoms with Crippen LogP contribution in [0.2, 0.25) is 0 Å². The lowest BCUT2D eigenvalue weighted by Gasteiger charge is -2.41. The van der Waals surface area contributed by atoms with E-state index in [-0.39, 0.29) is 23.3 Å². The molecule has 0 radical (unpaired) electrons. The summed E-state index contributed by atoms with van der Waals surface area (Å²) < 4.78 is 43.4. The number of aliphatic hydroxyl groups is 1. The Morgan fingerprint density at radius 2 is 1.65 bits per heavy atom. The van der Waals surface area contributed by atoms with Gasteiger partial charge in [-0.05, 0) is 78.4 Å². The molecular formula is C38H50F2N4O5. The minimum atomic E-state index is -0.938. The van der Waals surface area contributed by atoms with Crippen LogP contribution in [-0.4, -0.2) is 68.3 Å². The molecule has 9 nitrogen and oxygen atoms in total. The number of hydrogen-bond acceptors (Lipinski definition) is 7. The molecule has 0 spiro atoms. The van der Waals surface area contributed by atoms with Crippen LogP contribution in [0.3, 0.4) is 0 Å². The quantitative estimate of drug-likeness (QED) is 0.219. The van der Waals surface area contributed by atoms with Gasteiger partial charge in [-0.1, -0.05) is 32.0 Å². The maximum absolute atomic E-state index is 15.2. The molecule has 0 atom stereocenters. The van der Waals surface area contributed by atoms with E-state index < -0.39 is 23.2 Å². The van der Waals surface area contributed by atoms with Crippen molar-refractivity contribution >= 4 is 17.4 Å². The fraction of sp³-hybridized carbons (Fsp3) is 0.500. The van der Waals surface area contributed by atoms with Gasteiger partial charge in [0.05, 0.1) is 35.5 Å². The predicted molar refractivity (Wildman–Crippen MR) is 188 cm³/mol. The average Bonchev–Trinajstić information content (AvgIpc) is 3.44. The number of carbonyl (C=O) groups is 1. The van der Waals surface area contributed by atoms with Crippen molar-refractivity contribution in [3.63, 3.8) is 0 Å². The minimum Gasteiger partial charge on any atom is -0.493 e. The second-order valence-electron chi connectivity index (χ2n) is 13.6. The zero-order valence-corrected chi connectivity index (χ0v) is 29.8. The van der Waals surface area contributed by atoms with Gasteiger partial charge in [0.1, 0.15) is 23.2 Å². The Labute approximate surface area is 287 Å². The van der Waals surface area contributed by atoms with Crippen LogP contribution >= 0.6 is 0 Å². The van der Waals surface area contributed by atoms with E-state index >= 15 is 4.39 Å². The molecule has 3 aliphatic rings. The van der Waals surface area contributed by atoms with E-state index in [0.717, 1.165) is 44.0 Å². The Balaban J connectivity index is 0.000000710. The molecule has 0 unspecified atom stereocenters. The summed E-state index contributed by atoms with van der Waals surface area (Å²) in [4.78, 5) is 18.8. The number of aromatic nitrogens is 3. The van der Waals surface area contributed by atoms with E-state index in [9.17, 15) is 14.3 Å². The summed E-state index contributed by atoms with van der Waals surface area (Å²) in [5, 5.41) is 23.2. The maximum atomic E-state index is 15.2. The smallest absolute Gasteiger partial charge is 0.308 e. The molecule has 11 heteroatoms. The van der Waals surface area contributed by atoms with Crippen molar-refractivity contribution in [2.24, 2.45) is 0 Å². The monoisotopic (exact) mass is 680 g/mol. The van der Waals surface area contributed by atoms with Crippen molar-refractivity contribution in [3.05, 3.63) is 65.4 Å². The fourth-order valence-corrected chi connectivity index (χ4v) is 5.96. The van der Waals surface area contributed by atoms with Gasteiger partial charge in [0.2, 0.25) is 0 Å². The number of carboxylic acid groups (broad SMARTS) is 1. The second kappa shape index (κ2) is 16.1. The first-order chi connectivity index (χ1) is 23.2. The highest BCUT2D eigenvalue weighted by atomic mass is 19.1. The number of ether oxygens (including phenoxy) is 2. The molecule has 4 aromatic rings. The molecule has 266 valence electrons. The molecule has 0 saturated carbocycles. The normalized spacial score (nSPS) is 16.1. The third-order valence-corrected chi connectivity index (χ3v) is 8.29. The summed E-state index contributed by atoms with van der Waals surface area (Å²) in [5.74, 6) is -1.47. The van der Waals surface area contributed by atoms with Crippen LogP contribution in [0.25, 0.3) is 28.0 Å². The number of halogens is 2. The Kier molecular flexibility index (Phi) is 12.4. The summed E-state index contributed by atoms with van der Waals surface area (Å²) in [6.07, 6.45) is 3.83. The Bertz CT molecular complexity index is 1740. The second-order valence-corrected chi connectivity index (χ2v) is 13.6. The number of nitrogens with zero attached hydrogens (tertiary/aromatic N) is 4. The average molecular weight is 681 g/mol. The summed E-state index contributed by atoms with van der Waals surface area (Å²) in [6, 6.07) is 11.2. The molecule has 6 bridgehead atoms. The highest BCUT2D eigenvalue weighted by Gasteiger charge is 2.33. The number of aliphatic carboxylic acids is 1. The summed E-state index contributed by atoms with van der Waals surface area (Å²) in [5.41, 5.74) is 3.10. The molecule has 2 aromatic carbocycles. The number of rotatable bonds is 2. The zero-order valence-electron chi connectivity index (χ0n) is 29.8. The highest BCUT2D eigenvalue weighted by molar-refractivity contribution is 5.78. The summed E-state index contributed by atoms with van der Waals surface area (Å²) in [6.45, 7) is 15.5. The van der Waals surface area contributed by atoms with Crippen LogP contribution in [0, 0.1) is 18.6 Å². The SMILES string of the molecule is CC.CC(C)(C)O.Cc1nc2cc3nn2c(c1CC(=O)O)N1CCC(C)(CC1)OCCCCCOc1cc(F)cc(F)c1-c1cccc-3c1. The zero-order chi connectivity index (χ0) is 35.9. The van der Waals surface area contributed by atoms with E-state index in [0.29, 0.717) is 60.0 Å². The van der Waals surface area contributed by atoms with Gasteiger partial charge >= 0.3 is 5.97 Å². The number of hydrogen-bond donors (Lipinski definition) is 2. The predicted octanol–water partition coefficient (Wildman–Crippen LogP) is 8.02. The van der Waals surface area contributed by atoms with Crippen LogP contribution in [0.15, 0.2) is 42.5 Å². The van der Waals surface area contributed by atoms with Gasteiger partial charge < -0.3 is 24.6 Å². The topological polar surface area (TPSA) is 109 Å². The first-order valence-corrected chi connectivity index (χ1v) is 17.2. The highest BCUT2D eigenvalue weighted by Crippen LogP contribution is 2.37. The van der Waals surface area contributed by atoms with Crippen molar-refractivity contribution in [1.29, 1.82) is 0 Å². The maximum Gasteiger partial charge on any atom is 0.308 e. The molecule has 49 heavy (non-hydrogen) atoms. The largest absolute Gasteiger partial charge is 0.493 e. The lowest BCUT2D eigenvalue weighted by Crippen LogP contribution is -2.45. The number of anilines is 1. The molecule has 3 aliphatic heterocycles. The third-order valence-electron chi connectivity index (χ3n) is 8.29. The first kappa shape index (κ1) is 37.7. The van der Waals surface area contributed by atoms with Crippen molar-refractivity contribution in [2.75, 3.05) is 31.2 Å². The van der Waals surface area contributed by atoms with E-state index in [4.69, 9.17) is 24.7 Å². The Hall–Kier alpha value is -4.09. The summed E-state index contributed by atoms with van der Waals surface area (Å²) in [7, 11) is 0. The third kappa shape index (κ3) is 9.76. The Morgan fingerprint density at radius 3 is 2.33 bits per heavy atom. The minimum absolute atomic E-state index is 0.154. The molecule has 0 aliphatic carbocycles. The molecule has 1 saturated heterocycles. The first-order valence-electron chi connectivity index (χ1n) is 17.2. The summed E-state index contributed by atoms with van der Waals surface area (Å²) >= 11 is 0. The standard InChI is InChI=1S/C32H34F2N4O4.C4H10O.C2H6/c1-20-24(18-29(39)40)31-37-11-9-32(2,10-12-37)42-14-5-3-4-13-41-27-17-23(33)16-25(34)30(27)22-8-6-7-21(15-22)26-19-28(35-20)38(31)36-26;1-4(2,3)5;1-2/h6-8,15-17,19H,3-5,9-14,18H2,1-2H3,(H,39,40);5H,1-3H3;1-2H3.